The zero-order valence-corrected chi connectivity index (χ0v) is 20.7. The number of nitrogens with one attached hydrogen (secondary N) is 1. The van der Waals surface area contributed by atoms with Gasteiger partial charge in [-0.15, -0.1) is 0 Å². The van der Waals surface area contributed by atoms with E-state index in [2.05, 4.69) is 20.4 Å². The predicted octanol–water partition coefficient (Wildman–Crippen LogP) is 3.05. The van der Waals surface area contributed by atoms with Crippen molar-refractivity contribution in [2.75, 3.05) is 20.2 Å². The minimum atomic E-state index is -3.63. The summed E-state index contributed by atoms with van der Waals surface area (Å²) in [5, 5.41) is 7.08. The number of ether oxygens (including phenoxy) is 1. The molecule has 0 saturated carbocycles. The zero-order valence-electron chi connectivity index (χ0n) is 19.9. The highest BCUT2D eigenvalue weighted by molar-refractivity contribution is 7.89. The maximum Gasteiger partial charge on any atom is 0.249 e. The Morgan fingerprint density at radius 1 is 1.11 bits per heavy atom. The standard InChI is InChI=1S/C24H29N5O5S/c1-16(2)21(24-27-22(28-34-24)17-8-12-25-13-9-17)26-23(30)18-10-14-29(15-11-18)35(31,32)20-6-4-19(33-3)5-7-20/h4-9,12-13,16,18,21H,10-11,14-15H2,1-3H3,(H,26,30). The van der Waals surface area contributed by atoms with Gasteiger partial charge in [-0.1, -0.05) is 19.0 Å². The zero-order chi connectivity index (χ0) is 25.0. The van der Waals surface area contributed by atoms with Gasteiger partial charge in [-0.3, -0.25) is 9.78 Å². The maximum absolute atomic E-state index is 13.1. The van der Waals surface area contributed by atoms with Gasteiger partial charge in [0.2, 0.25) is 27.6 Å². The van der Waals surface area contributed by atoms with Gasteiger partial charge in [-0.25, -0.2) is 8.42 Å². The van der Waals surface area contributed by atoms with Gasteiger partial charge in [0.25, 0.3) is 0 Å². The Hall–Kier alpha value is -3.31. The molecule has 10 nitrogen and oxygen atoms in total. The third-order valence-corrected chi connectivity index (χ3v) is 8.05. The number of rotatable bonds is 8. The van der Waals surface area contributed by atoms with Crippen LogP contribution in [0.25, 0.3) is 11.4 Å². The first-order chi connectivity index (χ1) is 16.8. The number of hydrogen-bond donors (Lipinski definition) is 1. The summed E-state index contributed by atoms with van der Waals surface area (Å²) < 4.78 is 38.0. The number of carbonyl (C=O) groups is 1. The molecule has 1 aliphatic heterocycles. The number of sulfonamides is 1. The van der Waals surface area contributed by atoms with Crippen molar-refractivity contribution in [3.8, 4) is 17.1 Å². The topological polar surface area (TPSA) is 128 Å². The quantitative estimate of drug-likeness (QED) is 0.501. The SMILES string of the molecule is COc1ccc(S(=O)(=O)N2CCC(C(=O)NC(c3nc(-c4ccncc4)no3)C(C)C)CC2)cc1. The van der Waals surface area contributed by atoms with Crippen molar-refractivity contribution >= 4 is 15.9 Å². The summed E-state index contributed by atoms with van der Waals surface area (Å²) in [4.78, 5) is 21.7. The molecule has 0 radical (unpaired) electrons. The van der Waals surface area contributed by atoms with E-state index in [0.717, 1.165) is 5.56 Å². The molecule has 3 heterocycles. The summed E-state index contributed by atoms with van der Waals surface area (Å²) in [5.41, 5.74) is 0.772. The molecule has 3 aromatic rings. The number of carbonyl (C=O) groups excluding carboxylic acids is 1. The summed E-state index contributed by atoms with van der Waals surface area (Å²) >= 11 is 0. The third-order valence-electron chi connectivity index (χ3n) is 6.13. The fraction of sp³-hybridized carbons (Fsp3) is 0.417. The molecular weight excluding hydrogens is 470 g/mol. The Morgan fingerprint density at radius 2 is 1.77 bits per heavy atom. The molecule has 1 N–H and O–H groups in total. The first kappa shape index (κ1) is 24.8. The second-order valence-electron chi connectivity index (χ2n) is 8.78. The monoisotopic (exact) mass is 499 g/mol. The molecule has 4 rings (SSSR count). The van der Waals surface area contributed by atoms with Crippen molar-refractivity contribution in [2.45, 2.75) is 37.6 Å². The number of methoxy groups -OCH3 is 1. The number of hydrogen-bond acceptors (Lipinski definition) is 8. The van der Waals surface area contributed by atoms with Crippen LogP contribution in [0.3, 0.4) is 0 Å². The smallest absolute Gasteiger partial charge is 0.249 e. The fourth-order valence-electron chi connectivity index (χ4n) is 4.02. The highest BCUT2D eigenvalue weighted by Gasteiger charge is 2.34. The number of amides is 1. The number of piperidine rings is 1. The first-order valence-corrected chi connectivity index (χ1v) is 12.9. The molecule has 1 saturated heterocycles. The van der Waals surface area contributed by atoms with Crippen molar-refractivity contribution in [1.29, 1.82) is 0 Å². The second kappa shape index (κ2) is 10.5. The minimum Gasteiger partial charge on any atom is -0.497 e. The van der Waals surface area contributed by atoms with E-state index < -0.39 is 16.1 Å². The van der Waals surface area contributed by atoms with E-state index in [-0.39, 0.29) is 35.7 Å². The van der Waals surface area contributed by atoms with Gasteiger partial charge in [0.15, 0.2) is 0 Å². The second-order valence-corrected chi connectivity index (χ2v) is 10.7. The van der Waals surface area contributed by atoms with Crippen molar-refractivity contribution in [1.82, 2.24) is 24.7 Å². The van der Waals surface area contributed by atoms with Gasteiger partial charge in [0.05, 0.1) is 12.0 Å². The molecule has 186 valence electrons. The van der Waals surface area contributed by atoms with Gasteiger partial charge in [0, 0.05) is 37.0 Å². The van der Waals surface area contributed by atoms with Crippen LogP contribution < -0.4 is 10.1 Å². The minimum absolute atomic E-state index is 0.0141. The number of pyridine rings is 1. The Bertz CT molecular complexity index is 1240. The number of benzene rings is 1. The maximum atomic E-state index is 13.1. The molecule has 1 aliphatic rings. The van der Waals surface area contributed by atoms with Crippen molar-refractivity contribution < 1.29 is 22.5 Å². The molecule has 1 atom stereocenters. The largest absolute Gasteiger partial charge is 0.497 e. The summed E-state index contributed by atoms with van der Waals surface area (Å²) in [5.74, 6) is 0.919. The Balaban J connectivity index is 1.39. The third kappa shape index (κ3) is 5.51. The lowest BCUT2D eigenvalue weighted by molar-refractivity contribution is -0.127. The number of aromatic nitrogens is 3. The van der Waals surface area contributed by atoms with Crippen LogP contribution >= 0.6 is 0 Å². The van der Waals surface area contributed by atoms with Crippen molar-refractivity contribution in [2.24, 2.45) is 11.8 Å². The fourth-order valence-corrected chi connectivity index (χ4v) is 5.49. The van der Waals surface area contributed by atoms with Crippen molar-refractivity contribution in [3.05, 3.63) is 54.7 Å². The Morgan fingerprint density at radius 3 is 2.37 bits per heavy atom. The molecular formula is C24H29N5O5S. The van der Waals surface area contributed by atoms with Gasteiger partial charge in [-0.05, 0) is 55.2 Å². The van der Waals surface area contributed by atoms with Crippen LogP contribution in [0.1, 0.15) is 38.6 Å². The first-order valence-electron chi connectivity index (χ1n) is 11.5. The molecule has 0 bridgehead atoms. The van der Waals surface area contributed by atoms with Gasteiger partial charge in [0.1, 0.15) is 11.8 Å². The highest BCUT2D eigenvalue weighted by atomic mass is 32.2. The average molecular weight is 500 g/mol. The van der Waals surface area contributed by atoms with Crippen LogP contribution in [0.15, 0.2) is 58.2 Å². The predicted molar refractivity (Wildman–Crippen MR) is 128 cm³/mol. The average Bonchev–Trinajstić information content (AvgIpc) is 3.37. The van der Waals surface area contributed by atoms with E-state index >= 15 is 0 Å². The molecule has 11 heteroatoms. The van der Waals surface area contributed by atoms with Crippen LogP contribution in [0.2, 0.25) is 0 Å². The molecule has 1 unspecified atom stereocenters. The van der Waals surface area contributed by atoms with E-state index in [0.29, 0.717) is 30.3 Å². The molecule has 1 amide bonds. The summed E-state index contributed by atoms with van der Waals surface area (Å²) in [6, 6.07) is 9.42. The normalized spacial score (nSPS) is 16.2. The van der Waals surface area contributed by atoms with Crippen LogP contribution in [-0.2, 0) is 14.8 Å². The molecule has 1 aromatic carbocycles. The van der Waals surface area contributed by atoms with Crippen LogP contribution in [0.4, 0.5) is 0 Å². The number of nitrogens with zero attached hydrogens (tertiary/aromatic N) is 4. The Kier molecular flexibility index (Phi) is 7.46. The Labute approximate surface area is 204 Å². The summed E-state index contributed by atoms with van der Waals surface area (Å²) in [7, 11) is -2.10. The van der Waals surface area contributed by atoms with E-state index in [1.54, 1.807) is 36.7 Å². The lowest BCUT2D eigenvalue weighted by Crippen LogP contribution is -2.44. The van der Waals surface area contributed by atoms with Crippen LogP contribution in [0.5, 0.6) is 5.75 Å². The highest BCUT2D eigenvalue weighted by Crippen LogP contribution is 2.28. The molecule has 0 aliphatic carbocycles. The molecule has 2 aromatic heterocycles. The summed E-state index contributed by atoms with van der Waals surface area (Å²) in [6.45, 7) is 4.47. The van der Waals surface area contributed by atoms with Gasteiger partial charge >= 0.3 is 0 Å². The van der Waals surface area contributed by atoms with E-state index in [9.17, 15) is 13.2 Å². The van der Waals surface area contributed by atoms with E-state index in [1.807, 2.05) is 13.8 Å². The molecule has 1 fully saturated rings. The van der Waals surface area contributed by atoms with Crippen LogP contribution in [-0.4, -0.2) is 54.0 Å². The van der Waals surface area contributed by atoms with E-state index in [1.165, 1.54) is 23.5 Å². The lowest BCUT2D eigenvalue weighted by atomic mass is 9.95. The van der Waals surface area contributed by atoms with Crippen LogP contribution in [0, 0.1) is 11.8 Å². The van der Waals surface area contributed by atoms with E-state index in [4.69, 9.17) is 9.26 Å². The lowest BCUT2D eigenvalue weighted by Gasteiger charge is -2.31. The van der Waals surface area contributed by atoms with Gasteiger partial charge < -0.3 is 14.6 Å². The van der Waals surface area contributed by atoms with Gasteiger partial charge in [-0.2, -0.15) is 9.29 Å². The molecule has 35 heavy (non-hydrogen) atoms. The molecule has 0 spiro atoms. The van der Waals surface area contributed by atoms with Crippen molar-refractivity contribution in [3.63, 3.8) is 0 Å². The summed E-state index contributed by atoms with van der Waals surface area (Å²) in [6.07, 6.45) is 4.15.